The van der Waals surface area contributed by atoms with Crippen molar-refractivity contribution < 1.29 is 4.74 Å². The molecule has 70 valence electrons. The minimum atomic E-state index is 0.459. The lowest BCUT2D eigenvalue weighted by atomic mass is 10.0. The quantitative estimate of drug-likeness (QED) is 0.695. The molecule has 0 bridgehead atoms. The fraction of sp³-hybridized carbons (Fsp3) is 1.00. The van der Waals surface area contributed by atoms with E-state index in [1.807, 2.05) is 0 Å². The van der Waals surface area contributed by atoms with Gasteiger partial charge >= 0.3 is 0 Å². The van der Waals surface area contributed by atoms with Gasteiger partial charge in [-0.05, 0) is 44.1 Å². The topological polar surface area (TPSA) is 35.2 Å². The third kappa shape index (κ3) is 1.64. The molecule has 3 unspecified atom stereocenters. The summed E-state index contributed by atoms with van der Waals surface area (Å²) in [7, 11) is 0. The Morgan fingerprint density at radius 1 is 1.33 bits per heavy atom. The van der Waals surface area contributed by atoms with Crippen molar-refractivity contribution in [3.63, 3.8) is 0 Å². The summed E-state index contributed by atoms with van der Waals surface area (Å²) in [5.74, 6) is 1.45. The van der Waals surface area contributed by atoms with Crippen LogP contribution < -0.4 is 5.73 Å². The largest absolute Gasteiger partial charge is 0.374 e. The standard InChI is InChI=1S/C10H19NO/c1-7(6-11)9-4-5-10(12-9)8-2-3-8/h7-10H,2-6,11H2,1H3. The summed E-state index contributed by atoms with van der Waals surface area (Å²) in [6.45, 7) is 2.96. The van der Waals surface area contributed by atoms with E-state index < -0.39 is 0 Å². The second kappa shape index (κ2) is 3.35. The van der Waals surface area contributed by atoms with Crippen molar-refractivity contribution >= 4 is 0 Å². The van der Waals surface area contributed by atoms with Gasteiger partial charge in [-0.3, -0.25) is 0 Å². The van der Waals surface area contributed by atoms with Gasteiger partial charge in [0.1, 0.15) is 0 Å². The molecule has 2 fully saturated rings. The molecule has 1 aliphatic carbocycles. The maximum absolute atomic E-state index is 5.96. The molecule has 1 saturated heterocycles. The van der Waals surface area contributed by atoms with Gasteiger partial charge in [0, 0.05) is 0 Å². The van der Waals surface area contributed by atoms with Gasteiger partial charge in [-0.2, -0.15) is 0 Å². The lowest BCUT2D eigenvalue weighted by Gasteiger charge is -2.18. The Hall–Kier alpha value is -0.0800. The Morgan fingerprint density at radius 3 is 2.67 bits per heavy atom. The smallest absolute Gasteiger partial charge is 0.0617 e. The third-order valence-corrected chi connectivity index (χ3v) is 3.24. The molecule has 2 heteroatoms. The molecule has 1 saturated carbocycles. The van der Waals surface area contributed by atoms with Crippen LogP contribution in [0.25, 0.3) is 0 Å². The SMILES string of the molecule is CC(CN)C1CCC(C2CC2)O1. The first-order valence-corrected chi connectivity index (χ1v) is 5.16. The van der Waals surface area contributed by atoms with E-state index >= 15 is 0 Å². The number of hydrogen-bond donors (Lipinski definition) is 1. The first-order chi connectivity index (χ1) is 5.81. The summed E-state index contributed by atoms with van der Waals surface area (Å²) < 4.78 is 5.96. The van der Waals surface area contributed by atoms with Crippen LogP contribution in [-0.2, 0) is 4.74 Å². The maximum Gasteiger partial charge on any atom is 0.0617 e. The molecule has 0 amide bonds. The number of nitrogens with two attached hydrogens (primary N) is 1. The lowest BCUT2D eigenvalue weighted by Crippen LogP contribution is -2.26. The number of rotatable bonds is 3. The number of ether oxygens (including phenoxy) is 1. The molecule has 2 aliphatic rings. The molecular weight excluding hydrogens is 150 g/mol. The highest BCUT2D eigenvalue weighted by molar-refractivity contribution is 4.88. The Kier molecular flexibility index (Phi) is 2.37. The van der Waals surface area contributed by atoms with Crippen LogP contribution in [0.2, 0.25) is 0 Å². The summed E-state index contributed by atoms with van der Waals surface area (Å²) in [6.07, 6.45) is 6.35. The fourth-order valence-corrected chi connectivity index (χ4v) is 2.07. The van der Waals surface area contributed by atoms with E-state index in [9.17, 15) is 0 Å². The minimum absolute atomic E-state index is 0.459. The normalized spacial score (nSPS) is 38.5. The van der Waals surface area contributed by atoms with Gasteiger partial charge in [0.15, 0.2) is 0 Å². The van der Waals surface area contributed by atoms with Crippen LogP contribution in [0.1, 0.15) is 32.6 Å². The van der Waals surface area contributed by atoms with Crippen LogP contribution in [0, 0.1) is 11.8 Å². The van der Waals surface area contributed by atoms with E-state index in [1.54, 1.807) is 0 Å². The van der Waals surface area contributed by atoms with Gasteiger partial charge in [0.05, 0.1) is 12.2 Å². The first-order valence-electron chi connectivity index (χ1n) is 5.16. The fourth-order valence-electron chi connectivity index (χ4n) is 2.07. The highest BCUT2D eigenvalue weighted by atomic mass is 16.5. The number of hydrogen-bond acceptors (Lipinski definition) is 2. The monoisotopic (exact) mass is 169 g/mol. The molecule has 1 aliphatic heterocycles. The van der Waals surface area contributed by atoms with E-state index in [1.165, 1.54) is 25.7 Å². The van der Waals surface area contributed by atoms with E-state index in [4.69, 9.17) is 10.5 Å². The molecule has 2 nitrogen and oxygen atoms in total. The molecule has 0 aromatic carbocycles. The van der Waals surface area contributed by atoms with Crippen molar-refractivity contribution in [1.82, 2.24) is 0 Å². The van der Waals surface area contributed by atoms with Gasteiger partial charge < -0.3 is 10.5 Å². The summed E-state index contributed by atoms with van der Waals surface area (Å²) >= 11 is 0. The Bertz CT molecular complexity index is 156. The molecule has 1 heterocycles. The second-order valence-electron chi connectivity index (χ2n) is 4.34. The van der Waals surface area contributed by atoms with E-state index in [0.29, 0.717) is 18.1 Å². The van der Waals surface area contributed by atoms with Gasteiger partial charge in [-0.25, -0.2) is 0 Å². The third-order valence-electron chi connectivity index (χ3n) is 3.24. The summed E-state index contributed by atoms with van der Waals surface area (Å²) in [4.78, 5) is 0. The maximum atomic E-state index is 5.96. The molecule has 3 atom stereocenters. The molecule has 12 heavy (non-hydrogen) atoms. The summed E-state index contributed by atoms with van der Waals surface area (Å²) in [5.41, 5.74) is 5.61. The average molecular weight is 169 g/mol. The van der Waals surface area contributed by atoms with Crippen LogP contribution in [0.15, 0.2) is 0 Å². The molecule has 0 spiro atoms. The Labute approximate surface area is 74.5 Å². The summed E-state index contributed by atoms with van der Waals surface area (Å²) in [6, 6.07) is 0. The van der Waals surface area contributed by atoms with Crippen LogP contribution >= 0.6 is 0 Å². The second-order valence-corrected chi connectivity index (χ2v) is 4.34. The molecular formula is C10H19NO. The van der Waals surface area contributed by atoms with E-state index in [2.05, 4.69) is 6.92 Å². The van der Waals surface area contributed by atoms with E-state index in [0.717, 1.165) is 12.5 Å². The Morgan fingerprint density at radius 2 is 2.08 bits per heavy atom. The van der Waals surface area contributed by atoms with Crippen LogP contribution in [0.3, 0.4) is 0 Å². The van der Waals surface area contributed by atoms with Gasteiger partial charge in [-0.15, -0.1) is 0 Å². The average Bonchev–Trinajstić information content (AvgIpc) is 2.83. The highest BCUT2D eigenvalue weighted by Gasteiger charge is 2.38. The molecule has 0 radical (unpaired) electrons. The molecule has 0 aromatic heterocycles. The zero-order valence-electron chi connectivity index (χ0n) is 7.83. The minimum Gasteiger partial charge on any atom is -0.374 e. The van der Waals surface area contributed by atoms with Crippen LogP contribution in [0.4, 0.5) is 0 Å². The summed E-state index contributed by atoms with van der Waals surface area (Å²) in [5, 5.41) is 0. The van der Waals surface area contributed by atoms with Gasteiger partial charge in [0.25, 0.3) is 0 Å². The van der Waals surface area contributed by atoms with Crippen molar-refractivity contribution in [3.8, 4) is 0 Å². The van der Waals surface area contributed by atoms with Crippen LogP contribution in [-0.4, -0.2) is 18.8 Å². The predicted molar refractivity (Wildman–Crippen MR) is 48.8 cm³/mol. The van der Waals surface area contributed by atoms with E-state index in [-0.39, 0.29) is 0 Å². The van der Waals surface area contributed by atoms with Crippen molar-refractivity contribution in [1.29, 1.82) is 0 Å². The highest BCUT2D eigenvalue weighted by Crippen LogP contribution is 2.41. The lowest BCUT2D eigenvalue weighted by molar-refractivity contribution is 0.00712. The van der Waals surface area contributed by atoms with Gasteiger partial charge in [0.2, 0.25) is 0 Å². The zero-order valence-corrected chi connectivity index (χ0v) is 7.83. The molecule has 2 rings (SSSR count). The van der Waals surface area contributed by atoms with Crippen LogP contribution in [0.5, 0.6) is 0 Å². The van der Waals surface area contributed by atoms with Crippen molar-refractivity contribution in [2.45, 2.75) is 44.8 Å². The molecule has 2 N–H and O–H groups in total. The molecule has 0 aromatic rings. The van der Waals surface area contributed by atoms with Crippen molar-refractivity contribution in [3.05, 3.63) is 0 Å². The van der Waals surface area contributed by atoms with Gasteiger partial charge in [-0.1, -0.05) is 6.92 Å². The van der Waals surface area contributed by atoms with Crippen molar-refractivity contribution in [2.24, 2.45) is 17.6 Å². The van der Waals surface area contributed by atoms with Crippen molar-refractivity contribution in [2.75, 3.05) is 6.54 Å². The zero-order chi connectivity index (χ0) is 8.55. The Balaban J connectivity index is 1.80. The predicted octanol–water partition coefficient (Wildman–Crippen LogP) is 1.54. The first kappa shape index (κ1) is 8.52.